The monoisotopic (exact) mass is 500 g/mol. The number of nitriles is 2. The summed E-state index contributed by atoms with van der Waals surface area (Å²) >= 11 is 6.08. The number of carbonyl (C=O) groups is 1. The molecule has 34 heavy (non-hydrogen) atoms. The highest BCUT2D eigenvalue weighted by atomic mass is 35.5. The minimum atomic E-state index is -4.94. The van der Waals surface area contributed by atoms with Gasteiger partial charge in [-0.05, 0) is 48.7 Å². The Morgan fingerprint density at radius 3 is 2.32 bits per heavy atom. The highest BCUT2D eigenvalue weighted by Crippen LogP contribution is 2.42. The van der Waals surface area contributed by atoms with Gasteiger partial charge in [0.25, 0.3) is 0 Å². The topological polar surface area (TPSA) is 88.7 Å². The van der Waals surface area contributed by atoms with Gasteiger partial charge in [0, 0.05) is 5.92 Å². The van der Waals surface area contributed by atoms with Crippen LogP contribution in [0.5, 0.6) is 0 Å². The molecule has 12 heteroatoms. The Labute approximate surface area is 194 Å². The van der Waals surface area contributed by atoms with Gasteiger partial charge in [0.05, 0.1) is 45.6 Å². The molecule has 3 rings (SSSR count). The van der Waals surface area contributed by atoms with Gasteiger partial charge in [-0.2, -0.15) is 36.9 Å². The maximum atomic E-state index is 13.7. The first kappa shape index (κ1) is 25.3. The van der Waals surface area contributed by atoms with E-state index in [4.69, 9.17) is 22.1 Å². The zero-order valence-electron chi connectivity index (χ0n) is 17.3. The van der Waals surface area contributed by atoms with Crippen molar-refractivity contribution in [2.45, 2.75) is 43.7 Å². The summed E-state index contributed by atoms with van der Waals surface area (Å²) in [4.78, 5) is 12.8. The minimum absolute atomic E-state index is 0.00808. The van der Waals surface area contributed by atoms with E-state index in [0.717, 1.165) is 12.1 Å². The summed E-state index contributed by atoms with van der Waals surface area (Å²) < 4.78 is 81.2. The van der Waals surface area contributed by atoms with Crippen LogP contribution in [0.25, 0.3) is 0 Å². The zero-order valence-corrected chi connectivity index (χ0v) is 18.0. The van der Waals surface area contributed by atoms with Crippen LogP contribution in [0.2, 0.25) is 5.02 Å². The molecule has 0 saturated carbocycles. The second-order valence-electron chi connectivity index (χ2n) is 7.75. The molecule has 3 atom stereocenters. The number of anilines is 1. The molecule has 1 heterocycles. The molecular formula is C22H15ClF6N4O. The van der Waals surface area contributed by atoms with Gasteiger partial charge in [-0.25, -0.2) is 0 Å². The predicted octanol–water partition coefficient (Wildman–Crippen LogP) is 5.43. The van der Waals surface area contributed by atoms with Gasteiger partial charge in [0.1, 0.15) is 6.04 Å². The van der Waals surface area contributed by atoms with Crippen LogP contribution in [0.3, 0.4) is 0 Å². The lowest BCUT2D eigenvalue weighted by Gasteiger charge is -2.23. The number of benzene rings is 2. The lowest BCUT2D eigenvalue weighted by atomic mass is 9.88. The molecule has 3 unspecified atom stereocenters. The van der Waals surface area contributed by atoms with E-state index in [1.165, 1.54) is 18.2 Å². The van der Waals surface area contributed by atoms with Crippen molar-refractivity contribution < 1.29 is 31.1 Å². The molecule has 1 saturated heterocycles. The van der Waals surface area contributed by atoms with Gasteiger partial charge < -0.3 is 5.32 Å². The van der Waals surface area contributed by atoms with Crippen molar-refractivity contribution in [2.75, 3.05) is 5.32 Å². The van der Waals surface area contributed by atoms with E-state index in [1.807, 2.05) is 6.07 Å². The van der Waals surface area contributed by atoms with Gasteiger partial charge in [0.15, 0.2) is 0 Å². The number of alkyl halides is 6. The average molecular weight is 501 g/mol. The standard InChI is InChI=1S/C22H15ClF6N4O/c1-10-4-11(8-30)5-16(23)18(10)33-20(34)17-7-14(19(32-17)22(27,28)29)12-2-3-13(9-31)15(6-12)21(24,25)26/h2-6,14,17,19,32H,7H2,1H3,(H,33,34). The third-order valence-electron chi connectivity index (χ3n) is 5.50. The molecule has 2 N–H and O–H groups in total. The highest BCUT2D eigenvalue weighted by molar-refractivity contribution is 6.34. The summed E-state index contributed by atoms with van der Waals surface area (Å²) in [7, 11) is 0. The molecule has 0 radical (unpaired) electrons. The Kier molecular flexibility index (Phi) is 6.83. The number of nitrogens with one attached hydrogen (secondary N) is 2. The quantitative estimate of drug-likeness (QED) is 0.550. The number of amides is 1. The van der Waals surface area contributed by atoms with Crippen molar-refractivity contribution in [3.63, 3.8) is 0 Å². The summed E-state index contributed by atoms with van der Waals surface area (Å²) in [5, 5.41) is 22.5. The molecule has 0 bridgehead atoms. The highest BCUT2D eigenvalue weighted by Gasteiger charge is 2.52. The van der Waals surface area contributed by atoms with Crippen molar-refractivity contribution >= 4 is 23.2 Å². The smallest absolute Gasteiger partial charge is 0.323 e. The van der Waals surface area contributed by atoms with Gasteiger partial charge in [-0.1, -0.05) is 17.7 Å². The molecule has 1 aliphatic rings. The SMILES string of the molecule is Cc1cc(C#N)cc(Cl)c1NC(=O)C1CC(c2ccc(C#N)c(C(F)(F)F)c2)C(C(F)(F)F)N1. The van der Waals surface area contributed by atoms with Crippen LogP contribution in [0, 0.1) is 29.6 Å². The van der Waals surface area contributed by atoms with E-state index in [1.54, 1.807) is 6.92 Å². The fourth-order valence-corrected chi connectivity index (χ4v) is 4.24. The van der Waals surface area contributed by atoms with Crippen LogP contribution in [-0.2, 0) is 11.0 Å². The third kappa shape index (κ3) is 5.11. The molecule has 1 amide bonds. The van der Waals surface area contributed by atoms with E-state index in [2.05, 4.69) is 10.6 Å². The maximum absolute atomic E-state index is 13.7. The predicted molar refractivity (Wildman–Crippen MR) is 110 cm³/mol. The third-order valence-corrected chi connectivity index (χ3v) is 5.80. The number of hydrogen-bond acceptors (Lipinski definition) is 4. The number of nitrogens with zero attached hydrogens (tertiary/aromatic N) is 2. The van der Waals surface area contributed by atoms with Gasteiger partial charge >= 0.3 is 12.4 Å². The van der Waals surface area contributed by atoms with Crippen LogP contribution in [0.1, 0.15) is 40.2 Å². The Hall–Kier alpha value is -3.28. The summed E-state index contributed by atoms with van der Waals surface area (Å²) in [6, 6.07) is 4.64. The van der Waals surface area contributed by atoms with Crippen LogP contribution in [-0.4, -0.2) is 24.2 Å². The first-order valence-corrected chi connectivity index (χ1v) is 10.1. The molecule has 178 valence electrons. The van der Waals surface area contributed by atoms with Crippen LogP contribution < -0.4 is 10.6 Å². The zero-order chi connectivity index (χ0) is 25.4. The number of hydrogen-bond donors (Lipinski definition) is 2. The fourth-order valence-electron chi connectivity index (χ4n) is 3.93. The Bertz CT molecular complexity index is 1190. The summed E-state index contributed by atoms with van der Waals surface area (Å²) in [6.45, 7) is 1.54. The second-order valence-corrected chi connectivity index (χ2v) is 8.15. The van der Waals surface area contributed by atoms with Gasteiger partial charge in [0.2, 0.25) is 5.91 Å². The number of carbonyl (C=O) groups excluding carboxylic acids is 1. The largest absolute Gasteiger partial charge is 0.417 e. The van der Waals surface area contributed by atoms with Crippen molar-refractivity contribution in [1.82, 2.24) is 5.32 Å². The fraction of sp³-hybridized carbons (Fsp3) is 0.318. The van der Waals surface area contributed by atoms with Crippen molar-refractivity contribution in [3.8, 4) is 12.1 Å². The normalized spacial score (nSPS) is 20.5. The van der Waals surface area contributed by atoms with Crippen LogP contribution in [0.15, 0.2) is 30.3 Å². The molecule has 1 fully saturated rings. The van der Waals surface area contributed by atoms with Gasteiger partial charge in [-0.3, -0.25) is 10.1 Å². The van der Waals surface area contributed by atoms with Crippen molar-refractivity contribution in [3.05, 3.63) is 63.2 Å². The lowest BCUT2D eigenvalue weighted by molar-refractivity contribution is -0.156. The van der Waals surface area contributed by atoms with Crippen LogP contribution in [0.4, 0.5) is 32.0 Å². The van der Waals surface area contributed by atoms with E-state index in [9.17, 15) is 31.1 Å². The van der Waals surface area contributed by atoms with E-state index < -0.39 is 53.8 Å². The second kappa shape index (κ2) is 9.16. The molecule has 0 spiro atoms. The van der Waals surface area contributed by atoms with Crippen molar-refractivity contribution in [2.24, 2.45) is 0 Å². The lowest BCUT2D eigenvalue weighted by Crippen LogP contribution is -2.46. The summed E-state index contributed by atoms with van der Waals surface area (Å²) in [5.41, 5.74) is -1.63. The molecule has 0 aromatic heterocycles. The van der Waals surface area contributed by atoms with E-state index in [-0.39, 0.29) is 21.8 Å². The molecular weight excluding hydrogens is 486 g/mol. The molecule has 0 aliphatic carbocycles. The first-order valence-electron chi connectivity index (χ1n) is 9.71. The van der Waals surface area contributed by atoms with E-state index in [0.29, 0.717) is 11.6 Å². The van der Waals surface area contributed by atoms with Crippen molar-refractivity contribution in [1.29, 1.82) is 10.5 Å². The van der Waals surface area contributed by atoms with E-state index >= 15 is 0 Å². The summed E-state index contributed by atoms with van der Waals surface area (Å²) in [5.74, 6) is -2.38. The number of aryl methyl sites for hydroxylation is 1. The number of halogens is 7. The molecule has 1 aliphatic heterocycles. The van der Waals surface area contributed by atoms with Crippen LogP contribution >= 0.6 is 11.6 Å². The number of rotatable bonds is 3. The molecule has 5 nitrogen and oxygen atoms in total. The average Bonchev–Trinajstić information content (AvgIpc) is 3.21. The molecule has 2 aromatic carbocycles. The van der Waals surface area contributed by atoms with Gasteiger partial charge in [-0.15, -0.1) is 0 Å². The molecule has 2 aromatic rings. The minimum Gasteiger partial charge on any atom is -0.323 e. The first-order chi connectivity index (χ1) is 15.8. The Balaban J connectivity index is 1.93. The maximum Gasteiger partial charge on any atom is 0.417 e. The summed E-state index contributed by atoms with van der Waals surface area (Å²) in [6.07, 6.45) is -10.3. The Morgan fingerprint density at radius 2 is 1.79 bits per heavy atom. The Morgan fingerprint density at radius 1 is 1.12 bits per heavy atom.